The van der Waals surface area contributed by atoms with Crippen LogP contribution in [-0.2, 0) is 11.3 Å². The zero-order valence-corrected chi connectivity index (χ0v) is 25.4. The molecule has 2 fully saturated rings. The van der Waals surface area contributed by atoms with E-state index in [1.165, 1.54) is 69.8 Å². The van der Waals surface area contributed by atoms with Crippen LogP contribution in [0.25, 0.3) is 0 Å². The molecular weight excluding hydrogens is 522 g/mol. The number of nitrogens with zero attached hydrogens (tertiary/aromatic N) is 4. The number of ether oxygens (including phenoxy) is 2. The molecule has 2 unspecified atom stereocenters. The molecule has 2 saturated carbocycles. The molecule has 42 heavy (non-hydrogen) atoms. The normalized spacial score (nSPS) is 23.9. The van der Waals surface area contributed by atoms with Gasteiger partial charge in [0.15, 0.2) is 12.4 Å². The summed E-state index contributed by atoms with van der Waals surface area (Å²) < 4.78 is 12.1. The second-order valence-electron chi connectivity index (χ2n) is 12.9. The summed E-state index contributed by atoms with van der Waals surface area (Å²) in [6.45, 7) is 5.05. The van der Waals surface area contributed by atoms with Crippen molar-refractivity contribution in [2.24, 2.45) is 21.6 Å². The second-order valence-corrected chi connectivity index (χ2v) is 12.9. The Bertz CT molecular complexity index is 1210. The molecule has 2 aliphatic carbocycles. The van der Waals surface area contributed by atoms with Crippen LogP contribution in [0.2, 0.25) is 0 Å². The third kappa shape index (κ3) is 7.11. The van der Waals surface area contributed by atoms with E-state index in [0.29, 0.717) is 24.0 Å². The lowest BCUT2D eigenvalue weighted by Crippen LogP contribution is -2.49. The minimum Gasteiger partial charge on any atom is -0.477 e. The molecule has 2 N–H and O–H groups in total. The van der Waals surface area contributed by atoms with Crippen molar-refractivity contribution in [3.05, 3.63) is 54.1 Å². The predicted octanol–water partition coefficient (Wildman–Crippen LogP) is 7.42. The molecule has 0 saturated heterocycles. The Morgan fingerprint density at radius 1 is 0.976 bits per heavy atom. The van der Waals surface area contributed by atoms with Crippen molar-refractivity contribution >= 4 is 18.0 Å². The van der Waals surface area contributed by atoms with E-state index in [0.717, 1.165) is 49.7 Å². The van der Waals surface area contributed by atoms with Crippen molar-refractivity contribution in [3.8, 4) is 11.5 Å². The fraction of sp³-hybridized carbons (Fsp3) is 0.600. The van der Waals surface area contributed by atoms with Crippen molar-refractivity contribution in [3.63, 3.8) is 0 Å². The van der Waals surface area contributed by atoms with Crippen molar-refractivity contribution in [1.82, 2.24) is 9.80 Å². The summed E-state index contributed by atoms with van der Waals surface area (Å²) in [7, 11) is 0. The van der Waals surface area contributed by atoms with Crippen LogP contribution in [0.5, 0.6) is 11.5 Å². The topological polar surface area (TPSA) is 75.7 Å². The fourth-order valence-electron chi connectivity index (χ4n) is 7.61. The molecule has 0 bridgehead atoms. The summed E-state index contributed by atoms with van der Waals surface area (Å²) in [5, 5.41) is 0. The number of para-hydroxylation sites is 1. The summed E-state index contributed by atoms with van der Waals surface area (Å²) in [6.07, 6.45) is 17.4. The predicted molar refractivity (Wildman–Crippen MR) is 171 cm³/mol. The summed E-state index contributed by atoms with van der Waals surface area (Å²) in [4.78, 5) is 14.6. The fourth-order valence-corrected chi connectivity index (χ4v) is 7.61. The van der Waals surface area contributed by atoms with Crippen LogP contribution in [0.15, 0.2) is 58.5 Å². The SMILES string of the molecule is CC1N=COC1CN(CCC[C@@H](C1CCCCC1)N1Cc2cc(Oc3ccccc3)ccc2N=C1N)C1CCCCC1. The van der Waals surface area contributed by atoms with Gasteiger partial charge in [-0.2, -0.15) is 0 Å². The van der Waals surface area contributed by atoms with Crippen molar-refractivity contribution in [2.75, 3.05) is 13.1 Å². The van der Waals surface area contributed by atoms with E-state index in [1.54, 1.807) is 6.40 Å². The molecule has 0 radical (unpaired) electrons. The molecule has 0 amide bonds. The van der Waals surface area contributed by atoms with Crippen LogP contribution >= 0.6 is 0 Å². The number of fused-ring (bicyclic) bond motifs is 1. The highest BCUT2D eigenvalue weighted by molar-refractivity contribution is 5.84. The number of nitrogens with two attached hydrogens (primary N) is 1. The Morgan fingerprint density at radius 3 is 2.48 bits per heavy atom. The number of hydrogen-bond donors (Lipinski definition) is 1. The number of rotatable bonds is 11. The van der Waals surface area contributed by atoms with E-state index in [2.05, 4.69) is 27.8 Å². The first-order valence-electron chi connectivity index (χ1n) is 16.5. The monoisotopic (exact) mass is 571 g/mol. The Kier molecular flexibility index (Phi) is 9.64. The zero-order valence-electron chi connectivity index (χ0n) is 25.4. The molecule has 3 atom stereocenters. The van der Waals surface area contributed by atoms with Crippen molar-refractivity contribution in [2.45, 2.75) is 115 Å². The number of hydrogen-bond acceptors (Lipinski definition) is 7. The number of guanidine groups is 1. The van der Waals surface area contributed by atoms with Gasteiger partial charge in [-0.3, -0.25) is 9.89 Å². The third-order valence-electron chi connectivity index (χ3n) is 10.0. The molecule has 7 heteroatoms. The van der Waals surface area contributed by atoms with Gasteiger partial charge in [-0.15, -0.1) is 0 Å². The maximum atomic E-state index is 6.74. The van der Waals surface area contributed by atoms with E-state index in [9.17, 15) is 0 Å². The molecule has 0 spiro atoms. The molecule has 4 aliphatic rings. The summed E-state index contributed by atoms with van der Waals surface area (Å²) >= 11 is 0. The molecule has 2 aliphatic heterocycles. The number of aliphatic imine (C=N–C) groups is 2. The summed E-state index contributed by atoms with van der Waals surface area (Å²) in [5.41, 5.74) is 8.89. The van der Waals surface area contributed by atoms with E-state index in [4.69, 9.17) is 20.2 Å². The van der Waals surface area contributed by atoms with E-state index in [-0.39, 0.29) is 12.1 Å². The van der Waals surface area contributed by atoms with Crippen LogP contribution in [0.3, 0.4) is 0 Å². The Labute approximate surface area is 252 Å². The van der Waals surface area contributed by atoms with Gasteiger partial charge in [0.1, 0.15) is 17.6 Å². The van der Waals surface area contributed by atoms with E-state index >= 15 is 0 Å². The smallest absolute Gasteiger partial charge is 0.197 e. The van der Waals surface area contributed by atoms with Gasteiger partial charge in [0.05, 0.1) is 11.7 Å². The van der Waals surface area contributed by atoms with Crippen molar-refractivity contribution < 1.29 is 9.47 Å². The lowest BCUT2D eigenvalue weighted by Gasteiger charge is -2.42. The summed E-state index contributed by atoms with van der Waals surface area (Å²) in [5.74, 6) is 3.02. The van der Waals surface area contributed by atoms with Crippen molar-refractivity contribution in [1.29, 1.82) is 0 Å². The van der Waals surface area contributed by atoms with Crippen LogP contribution < -0.4 is 10.5 Å². The highest BCUT2D eigenvalue weighted by atomic mass is 16.5. The molecule has 2 aromatic rings. The van der Waals surface area contributed by atoms with Gasteiger partial charge < -0.3 is 20.1 Å². The van der Waals surface area contributed by atoms with E-state index < -0.39 is 0 Å². The van der Waals surface area contributed by atoms with Crippen LogP contribution in [0.4, 0.5) is 5.69 Å². The minimum atomic E-state index is 0.176. The first-order chi connectivity index (χ1) is 20.6. The quantitative estimate of drug-likeness (QED) is 0.304. The van der Waals surface area contributed by atoms with E-state index in [1.807, 2.05) is 42.5 Å². The van der Waals surface area contributed by atoms with Crippen LogP contribution in [0, 0.1) is 5.92 Å². The highest BCUT2D eigenvalue weighted by Gasteiger charge is 2.34. The van der Waals surface area contributed by atoms with Crippen LogP contribution in [-0.4, -0.2) is 59.5 Å². The summed E-state index contributed by atoms with van der Waals surface area (Å²) in [6, 6.07) is 17.5. The van der Waals surface area contributed by atoms with Gasteiger partial charge in [0.25, 0.3) is 0 Å². The molecular formula is C35H49N5O2. The Balaban J connectivity index is 1.16. The lowest BCUT2D eigenvalue weighted by atomic mass is 9.81. The highest BCUT2D eigenvalue weighted by Crippen LogP contribution is 2.37. The zero-order chi connectivity index (χ0) is 28.7. The average Bonchev–Trinajstić information content (AvgIpc) is 3.44. The molecule has 6 rings (SSSR count). The third-order valence-corrected chi connectivity index (χ3v) is 10.0. The Hall–Kier alpha value is -3.06. The number of benzene rings is 2. The maximum absolute atomic E-state index is 6.74. The molecule has 2 aromatic carbocycles. The van der Waals surface area contributed by atoms with Gasteiger partial charge in [-0.1, -0.05) is 56.7 Å². The maximum Gasteiger partial charge on any atom is 0.197 e. The second kappa shape index (κ2) is 13.9. The van der Waals surface area contributed by atoms with Gasteiger partial charge in [0, 0.05) is 30.7 Å². The Morgan fingerprint density at radius 2 is 1.74 bits per heavy atom. The minimum absolute atomic E-state index is 0.176. The lowest BCUT2D eigenvalue weighted by molar-refractivity contribution is 0.0794. The van der Waals surface area contributed by atoms with Crippen LogP contribution in [0.1, 0.15) is 89.5 Å². The van der Waals surface area contributed by atoms with Gasteiger partial charge >= 0.3 is 0 Å². The first-order valence-corrected chi connectivity index (χ1v) is 16.5. The largest absolute Gasteiger partial charge is 0.477 e. The average molecular weight is 572 g/mol. The van der Waals surface area contributed by atoms with Gasteiger partial charge in [0.2, 0.25) is 0 Å². The van der Waals surface area contributed by atoms with Gasteiger partial charge in [-0.25, -0.2) is 4.99 Å². The molecule has 7 nitrogen and oxygen atoms in total. The molecule has 2 heterocycles. The molecule has 0 aromatic heterocycles. The molecule has 226 valence electrons. The van der Waals surface area contributed by atoms with Gasteiger partial charge in [-0.05, 0) is 88.2 Å². The standard InChI is InChI=1S/C35H49N5O2/c1-26-34(41-25-37-26)24-39(29-14-7-3-8-15-29)21-11-18-33(27-12-5-2-6-13-27)40-23-28-22-31(19-20-32(28)38-35(40)36)42-30-16-9-4-10-17-30/h4,9-10,16-17,19-20,22,25-27,29,33-34H,2-3,5-8,11-15,18,21,23-24H2,1H3,(H2,36,38)/t26?,33-,34?/m0/s1. The first kappa shape index (κ1) is 29.0.